The summed E-state index contributed by atoms with van der Waals surface area (Å²) in [5.41, 5.74) is 0.826. The zero-order valence-electron chi connectivity index (χ0n) is 14.2. The molecule has 0 aliphatic carbocycles. The third-order valence-corrected chi connectivity index (χ3v) is 3.03. The van der Waals surface area contributed by atoms with Gasteiger partial charge in [-0.3, -0.25) is 4.99 Å². The topological polar surface area (TPSA) is 48.5 Å². The van der Waals surface area contributed by atoms with Crippen LogP contribution in [0, 0.1) is 5.82 Å². The summed E-state index contributed by atoms with van der Waals surface area (Å²) in [4.78, 5) is 4.51. The van der Waals surface area contributed by atoms with Gasteiger partial charge in [0, 0.05) is 25.2 Å². The fourth-order valence-corrected chi connectivity index (χ4v) is 1.96. The lowest BCUT2D eigenvalue weighted by Gasteiger charge is -2.20. The van der Waals surface area contributed by atoms with Crippen molar-refractivity contribution in [2.75, 3.05) is 26.2 Å². The van der Waals surface area contributed by atoms with Gasteiger partial charge in [-0.1, -0.05) is 18.2 Å². The van der Waals surface area contributed by atoms with Gasteiger partial charge >= 0.3 is 0 Å². The fourth-order valence-electron chi connectivity index (χ4n) is 1.96. The molecule has 4 nitrogen and oxygen atoms in total. The van der Waals surface area contributed by atoms with Crippen molar-refractivity contribution in [1.29, 1.82) is 0 Å². The lowest BCUT2D eigenvalue weighted by atomic mass is 10.1. The van der Waals surface area contributed by atoms with Crippen molar-refractivity contribution in [2.45, 2.75) is 39.7 Å². The normalized spacial score (nSPS) is 12.3. The molecule has 0 aliphatic rings. The van der Waals surface area contributed by atoms with Gasteiger partial charge in [0.1, 0.15) is 5.82 Å². The monoisotopic (exact) mass is 308 g/mol. The molecule has 5 heteroatoms. The third kappa shape index (κ3) is 7.98. The smallest absolute Gasteiger partial charge is 0.191 e. The summed E-state index contributed by atoms with van der Waals surface area (Å²) in [6.45, 7) is 11.4. The molecule has 1 aromatic carbocycles. The minimum Gasteiger partial charge on any atom is -0.357 e. The second-order valence-corrected chi connectivity index (χ2v) is 6.21. The molecular formula is C17H29FN4. The van der Waals surface area contributed by atoms with Crippen molar-refractivity contribution in [3.05, 3.63) is 35.6 Å². The van der Waals surface area contributed by atoms with E-state index in [4.69, 9.17) is 0 Å². The predicted octanol–water partition coefficient (Wildman–Crippen LogP) is 2.31. The second kappa shape index (κ2) is 9.41. The van der Waals surface area contributed by atoms with Crippen LogP contribution in [0.3, 0.4) is 0 Å². The second-order valence-electron chi connectivity index (χ2n) is 6.21. The Bertz CT molecular complexity index is 466. The molecule has 0 amide bonds. The maximum atomic E-state index is 13.5. The van der Waals surface area contributed by atoms with Crippen molar-refractivity contribution in [3.8, 4) is 0 Å². The maximum absolute atomic E-state index is 13.5. The molecular weight excluding hydrogens is 279 g/mol. The number of guanidine groups is 1. The highest BCUT2D eigenvalue weighted by Crippen LogP contribution is 2.06. The van der Waals surface area contributed by atoms with Crippen LogP contribution in [0.15, 0.2) is 29.3 Å². The van der Waals surface area contributed by atoms with Crippen LogP contribution < -0.4 is 16.0 Å². The SMILES string of the molecule is CCNC(=NCCNC(C)(C)C)NCCc1ccccc1F. The summed E-state index contributed by atoms with van der Waals surface area (Å²) in [5, 5.41) is 9.83. The van der Waals surface area contributed by atoms with E-state index in [9.17, 15) is 4.39 Å². The highest BCUT2D eigenvalue weighted by molar-refractivity contribution is 5.79. The molecule has 0 saturated heterocycles. The first kappa shape index (κ1) is 18.4. The number of rotatable bonds is 7. The van der Waals surface area contributed by atoms with Crippen molar-refractivity contribution >= 4 is 5.96 Å². The van der Waals surface area contributed by atoms with Crippen molar-refractivity contribution < 1.29 is 4.39 Å². The quantitative estimate of drug-likeness (QED) is 0.411. The molecule has 0 bridgehead atoms. The molecule has 22 heavy (non-hydrogen) atoms. The molecule has 0 aliphatic heterocycles. The summed E-state index contributed by atoms with van der Waals surface area (Å²) in [7, 11) is 0. The average Bonchev–Trinajstić information content (AvgIpc) is 2.44. The zero-order chi connectivity index (χ0) is 16.4. The maximum Gasteiger partial charge on any atom is 0.191 e. The third-order valence-electron chi connectivity index (χ3n) is 3.03. The number of hydrogen-bond donors (Lipinski definition) is 3. The van der Waals surface area contributed by atoms with Crippen molar-refractivity contribution in [3.63, 3.8) is 0 Å². The van der Waals surface area contributed by atoms with Gasteiger partial charge in [0.2, 0.25) is 0 Å². The summed E-state index contributed by atoms with van der Waals surface area (Å²) in [5.74, 6) is 0.621. The molecule has 0 heterocycles. The van der Waals surface area contributed by atoms with Crippen LogP contribution in [0.4, 0.5) is 4.39 Å². The van der Waals surface area contributed by atoms with Crippen LogP contribution in [0.5, 0.6) is 0 Å². The number of aliphatic imine (C=N–C) groups is 1. The number of hydrogen-bond acceptors (Lipinski definition) is 2. The molecule has 0 unspecified atom stereocenters. The Labute approximate surface area is 133 Å². The largest absolute Gasteiger partial charge is 0.357 e. The first-order chi connectivity index (χ1) is 10.4. The van der Waals surface area contributed by atoms with Gasteiger partial charge in [0.05, 0.1) is 6.54 Å². The van der Waals surface area contributed by atoms with Crippen molar-refractivity contribution in [1.82, 2.24) is 16.0 Å². The molecule has 0 atom stereocenters. The lowest BCUT2D eigenvalue weighted by Crippen LogP contribution is -2.40. The van der Waals surface area contributed by atoms with Crippen LogP contribution >= 0.6 is 0 Å². The van der Waals surface area contributed by atoms with E-state index in [1.54, 1.807) is 6.07 Å². The Balaban J connectivity index is 2.38. The van der Waals surface area contributed by atoms with Crippen LogP contribution in [0.25, 0.3) is 0 Å². The van der Waals surface area contributed by atoms with Gasteiger partial charge in [-0.15, -0.1) is 0 Å². The lowest BCUT2D eigenvalue weighted by molar-refractivity contribution is 0.432. The molecule has 3 N–H and O–H groups in total. The molecule has 1 aromatic rings. The predicted molar refractivity (Wildman–Crippen MR) is 91.8 cm³/mol. The van der Waals surface area contributed by atoms with E-state index in [-0.39, 0.29) is 11.4 Å². The molecule has 0 radical (unpaired) electrons. The molecule has 124 valence electrons. The molecule has 0 aromatic heterocycles. The van der Waals surface area contributed by atoms with E-state index in [1.165, 1.54) is 6.07 Å². The van der Waals surface area contributed by atoms with Gasteiger partial charge in [-0.2, -0.15) is 0 Å². The molecule has 1 rings (SSSR count). The van der Waals surface area contributed by atoms with Crippen LogP contribution in [0.2, 0.25) is 0 Å². The first-order valence-corrected chi connectivity index (χ1v) is 7.93. The van der Waals surface area contributed by atoms with Crippen molar-refractivity contribution in [2.24, 2.45) is 4.99 Å². The summed E-state index contributed by atoms with van der Waals surface area (Å²) >= 11 is 0. The van der Waals surface area contributed by atoms with E-state index in [2.05, 4.69) is 41.7 Å². The summed E-state index contributed by atoms with van der Waals surface area (Å²) in [6.07, 6.45) is 0.636. The fraction of sp³-hybridized carbons (Fsp3) is 0.588. The summed E-state index contributed by atoms with van der Waals surface area (Å²) < 4.78 is 13.5. The molecule has 0 spiro atoms. The van der Waals surface area contributed by atoms with Gasteiger partial charge in [0.25, 0.3) is 0 Å². The van der Waals surface area contributed by atoms with Gasteiger partial charge in [-0.05, 0) is 45.7 Å². The molecule has 0 fully saturated rings. The van der Waals surface area contributed by atoms with Gasteiger partial charge < -0.3 is 16.0 Å². The first-order valence-electron chi connectivity index (χ1n) is 7.93. The highest BCUT2D eigenvalue weighted by Gasteiger charge is 2.07. The van der Waals surface area contributed by atoms with Crippen LogP contribution in [-0.2, 0) is 6.42 Å². The van der Waals surface area contributed by atoms with E-state index < -0.39 is 0 Å². The van der Waals surface area contributed by atoms with E-state index in [1.807, 2.05) is 19.1 Å². The van der Waals surface area contributed by atoms with Gasteiger partial charge in [0.15, 0.2) is 5.96 Å². The van der Waals surface area contributed by atoms with Crippen LogP contribution in [0.1, 0.15) is 33.3 Å². The number of nitrogens with zero attached hydrogens (tertiary/aromatic N) is 1. The Hall–Kier alpha value is -1.62. The standard InChI is InChI=1S/C17H29FN4/c1-5-19-16(21-12-13-22-17(2,3)4)20-11-10-14-8-6-7-9-15(14)18/h6-9,22H,5,10-13H2,1-4H3,(H2,19,20,21). The van der Waals surface area contributed by atoms with Crippen LogP contribution in [-0.4, -0.2) is 37.7 Å². The average molecular weight is 308 g/mol. The minimum absolute atomic E-state index is 0.103. The Kier molecular flexibility index (Phi) is 7.88. The Morgan fingerprint density at radius 3 is 2.50 bits per heavy atom. The highest BCUT2D eigenvalue weighted by atomic mass is 19.1. The molecule has 0 saturated carbocycles. The number of benzene rings is 1. The van der Waals surface area contributed by atoms with E-state index in [0.717, 1.165) is 24.6 Å². The Morgan fingerprint density at radius 2 is 1.86 bits per heavy atom. The minimum atomic E-state index is -0.152. The van der Waals surface area contributed by atoms with E-state index in [0.29, 0.717) is 19.5 Å². The summed E-state index contributed by atoms with van der Waals surface area (Å²) in [6, 6.07) is 6.87. The Morgan fingerprint density at radius 1 is 1.14 bits per heavy atom. The number of halogens is 1. The van der Waals surface area contributed by atoms with Gasteiger partial charge in [-0.25, -0.2) is 4.39 Å². The van der Waals surface area contributed by atoms with E-state index >= 15 is 0 Å². The number of nitrogens with one attached hydrogen (secondary N) is 3. The zero-order valence-corrected chi connectivity index (χ0v) is 14.2.